The third-order valence-corrected chi connectivity index (χ3v) is 5.51. The van der Waals surface area contributed by atoms with Gasteiger partial charge in [-0.25, -0.2) is 0 Å². The second-order valence-corrected chi connectivity index (χ2v) is 7.66. The Morgan fingerprint density at radius 3 is 2.29 bits per heavy atom. The van der Waals surface area contributed by atoms with Gasteiger partial charge in [-0.3, -0.25) is 4.79 Å². The molecule has 0 radical (unpaired) electrons. The number of carbonyl (C=O) groups is 1. The van der Waals surface area contributed by atoms with Crippen LogP contribution in [0.2, 0.25) is 0 Å². The van der Waals surface area contributed by atoms with Crippen molar-refractivity contribution in [2.75, 3.05) is 44.7 Å². The first-order valence-electron chi connectivity index (χ1n) is 10.1. The van der Waals surface area contributed by atoms with Crippen LogP contribution in [-0.4, -0.2) is 50.6 Å². The molecule has 0 bridgehead atoms. The lowest BCUT2D eigenvalue weighted by atomic mass is 9.96. The Balaban J connectivity index is 1.54. The third kappa shape index (κ3) is 4.84. The minimum Gasteiger partial charge on any atom is -0.495 e. The Morgan fingerprint density at radius 1 is 1.00 bits per heavy atom. The molecule has 1 fully saturated rings. The highest BCUT2D eigenvalue weighted by Gasteiger charge is 2.26. The lowest BCUT2D eigenvalue weighted by molar-refractivity contribution is -0.692. The zero-order chi connectivity index (χ0) is 19.9. The van der Waals surface area contributed by atoms with E-state index in [2.05, 4.69) is 54.4 Å². The average molecular weight is 383 g/mol. The number of rotatable bonds is 7. The fourth-order valence-electron chi connectivity index (χ4n) is 3.91. The zero-order valence-corrected chi connectivity index (χ0v) is 17.2. The van der Waals surface area contributed by atoms with Crippen LogP contribution in [-0.2, 0) is 4.79 Å². The van der Waals surface area contributed by atoms with Crippen molar-refractivity contribution < 1.29 is 14.8 Å². The first-order chi connectivity index (χ1) is 13.6. The van der Waals surface area contributed by atoms with Crippen LogP contribution >= 0.6 is 0 Å². The van der Waals surface area contributed by atoms with Gasteiger partial charge in [0.2, 0.25) is 0 Å². The number of hydrogen-bond acceptors (Lipinski definition) is 3. The van der Waals surface area contributed by atoms with Gasteiger partial charge in [0.05, 0.1) is 12.8 Å². The van der Waals surface area contributed by atoms with E-state index in [-0.39, 0.29) is 5.91 Å². The summed E-state index contributed by atoms with van der Waals surface area (Å²) in [6, 6.07) is 18.8. The predicted octanol–water partition coefficient (Wildman–Crippen LogP) is 2.30. The summed E-state index contributed by atoms with van der Waals surface area (Å²) in [4.78, 5) is 17.1. The molecule has 5 nitrogen and oxygen atoms in total. The first kappa shape index (κ1) is 20.2. The Bertz CT molecular complexity index is 755. The quantitative estimate of drug-likeness (QED) is 0.799. The van der Waals surface area contributed by atoms with Crippen LogP contribution in [0.1, 0.15) is 25.5 Å². The van der Waals surface area contributed by atoms with Crippen molar-refractivity contribution in [2.45, 2.75) is 19.9 Å². The van der Waals surface area contributed by atoms with Crippen LogP contribution in [0.3, 0.4) is 0 Å². The number of piperazine rings is 1. The van der Waals surface area contributed by atoms with E-state index < -0.39 is 0 Å². The number of carbonyl (C=O) groups excluding carboxylic acids is 1. The molecule has 1 heterocycles. The number of nitrogens with two attached hydrogens (primary N) is 1. The Hall–Kier alpha value is -2.53. The van der Waals surface area contributed by atoms with Gasteiger partial charge in [-0.1, -0.05) is 56.3 Å². The normalized spacial score (nSPS) is 15.6. The lowest BCUT2D eigenvalue weighted by Gasteiger charge is -2.36. The summed E-state index contributed by atoms with van der Waals surface area (Å²) in [5, 5.41) is 2.19. The predicted molar refractivity (Wildman–Crippen MR) is 113 cm³/mol. The number of amides is 1. The molecule has 0 spiro atoms. The maximum absolute atomic E-state index is 12.8. The number of anilines is 1. The molecular formula is C23H32N3O2+. The van der Waals surface area contributed by atoms with E-state index in [1.54, 1.807) is 7.11 Å². The lowest BCUT2D eigenvalue weighted by Crippen LogP contribution is -2.88. The van der Waals surface area contributed by atoms with Gasteiger partial charge in [0.15, 0.2) is 6.54 Å². The highest BCUT2D eigenvalue weighted by atomic mass is 16.5. The van der Waals surface area contributed by atoms with Crippen LogP contribution in [0, 0.1) is 5.92 Å². The average Bonchev–Trinajstić information content (AvgIpc) is 2.74. The Labute approximate surface area is 168 Å². The maximum atomic E-state index is 12.8. The summed E-state index contributed by atoms with van der Waals surface area (Å²) in [5.74, 6) is 1.58. The van der Waals surface area contributed by atoms with Crippen molar-refractivity contribution >= 4 is 11.6 Å². The molecule has 0 unspecified atom stereocenters. The number of benzene rings is 2. The van der Waals surface area contributed by atoms with Gasteiger partial charge in [0.1, 0.15) is 11.8 Å². The monoisotopic (exact) mass is 382 g/mol. The summed E-state index contributed by atoms with van der Waals surface area (Å²) < 4.78 is 5.47. The molecule has 0 aromatic heterocycles. The van der Waals surface area contributed by atoms with E-state index >= 15 is 0 Å². The number of hydrogen-bond donors (Lipinski definition) is 1. The molecule has 1 aliphatic heterocycles. The van der Waals surface area contributed by atoms with Crippen LogP contribution in [0.15, 0.2) is 54.6 Å². The molecule has 0 aliphatic carbocycles. The highest BCUT2D eigenvalue weighted by Crippen LogP contribution is 2.28. The van der Waals surface area contributed by atoms with Gasteiger partial charge in [-0.15, -0.1) is 0 Å². The van der Waals surface area contributed by atoms with E-state index in [1.165, 1.54) is 5.56 Å². The van der Waals surface area contributed by atoms with Gasteiger partial charge in [-0.2, -0.15) is 0 Å². The molecule has 1 atom stereocenters. The molecule has 2 N–H and O–H groups in total. The van der Waals surface area contributed by atoms with E-state index in [1.807, 2.05) is 29.2 Å². The number of ether oxygens (including phenoxy) is 1. The fourth-order valence-corrected chi connectivity index (χ4v) is 3.91. The summed E-state index contributed by atoms with van der Waals surface area (Å²) in [5.41, 5.74) is 2.39. The van der Waals surface area contributed by atoms with Crippen LogP contribution in [0.25, 0.3) is 0 Å². The van der Waals surface area contributed by atoms with Crippen molar-refractivity contribution in [3.8, 4) is 5.75 Å². The Morgan fingerprint density at radius 2 is 1.64 bits per heavy atom. The number of para-hydroxylation sites is 2. The van der Waals surface area contributed by atoms with Crippen LogP contribution < -0.4 is 15.0 Å². The molecule has 3 rings (SSSR count). The van der Waals surface area contributed by atoms with E-state index in [0.717, 1.165) is 37.6 Å². The maximum Gasteiger partial charge on any atom is 0.277 e. The topological polar surface area (TPSA) is 49.4 Å². The molecule has 1 amide bonds. The molecule has 1 saturated heterocycles. The summed E-state index contributed by atoms with van der Waals surface area (Å²) in [6.45, 7) is 8.09. The van der Waals surface area contributed by atoms with Gasteiger partial charge < -0.3 is 19.9 Å². The van der Waals surface area contributed by atoms with E-state index in [9.17, 15) is 4.79 Å². The molecule has 28 heavy (non-hydrogen) atoms. The van der Waals surface area contributed by atoms with Gasteiger partial charge in [-0.05, 0) is 12.1 Å². The fraction of sp³-hybridized carbons (Fsp3) is 0.435. The summed E-state index contributed by atoms with van der Waals surface area (Å²) >= 11 is 0. The number of methoxy groups -OCH3 is 1. The minimum absolute atomic E-state index is 0.223. The molecule has 1 aliphatic rings. The van der Waals surface area contributed by atoms with Crippen molar-refractivity contribution in [1.29, 1.82) is 0 Å². The molecule has 0 saturated carbocycles. The second-order valence-electron chi connectivity index (χ2n) is 7.66. The van der Waals surface area contributed by atoms with Gasteiger partial charge in [0, 0.05) is 37.7 Å². The smallest absolute Gasteiger partial charge is 0.277 e. The molecular weight excluding hydrogens is 350 g/mol. The number of quaternary nitrogens is 1. The highest BCUT2D eigenvalue weighted by molar-refractivity contribution is 5.77. The van der Waals surface area contributed by atoms with Gasteiger partial charge in [0.25, 0.3) is 5.91 Å². The standard InChI is InChI=1S/C23H31N3O2/c1-18(2)23(19-9-5-4-6-10-19)24-17-22(27)26-15-13-25(14-16-26)20-11-7-8-12-21(20)28-3/h4-12,18,23-24H,13-17H2,1-3H3/p+1/t23-/m0/s1. The number of nitrogens with zero attached hydrogens (tertiary/aromatic N) is 2. The SMILES string of the molecule is COc1ccccc1N1CCN(C(=O)C[NH2+][C@H](c2ccccc2)C(C)C)CC1. The second kappa shape index (κ2) is 9.60. The largest absolute Gasteiger partial charge is 0.495 e. The first-order valence-corrected chi connectivity index (χ1v) is 10.1. The molecule has 2 aromatic carbocycles. The van der Waals surface area contributed by atoms with Crippen molar-refractivity contribution in [2.24, 2.45) is 5.92 Å². The van der Waals surface area contributed by atoms with E-state index in [4.69, 9.17) is 4.74 Å². The van der Waals surface area contributed by atoms with Gasteiger partial charge >= 0.3 is 0 Å². The summed E-state index contributed by atoms with van der Waals surface area (Å²) in [7, 11) is 1.70. The van der Waals surface area contributed by atoms with Crippen molar-refractivity contribution in [1.82, 2.24) is 4.90 Å². The van der Waals surface area contributed by atoms with E-state index in [0.29, 0.717) is 18.5 Å². The summed E-state index contributed by atoms with van der Waals surface area (Å²) in [6.07, 6.45) is 0. The molecule has 2 aromatic rings. The Kier molecular flexibility index (Phi) is 6.93. The third-order valence-electron chi connectivity index (χ3n) is 5.51. The zero-order valence-electron chi connectivity index (χ0n) is 17.2. The van der Waals surface area contributed by atoms with Crippen LogP contribution in [0.4, 0.5) is 5.69 Å². The minimum atomic E-state index is 0.223. The van der Waals surface area contributed by atoms with Crippen LogP contribution in [0.5, 0.6) is 5.75 Å². The van der Waals surface area contributed by atoms with Crippen molar-refractivity contribution in [3.05, 3.63) is 60.2 Å². The molecule has 5 heteroatoms. The van der Waals surface area contributed by atoms with Crippen molar-refractivity contribution in [3.63, 3.8) is 0 Å². The molecule has 150 valence electrons.